The molecule has 0 saturated carbocycles. The summed E-state index contributed by atoms with van der Waals surface area (Å²) in [5.41, 5.74) is 4.97. The van der Waals surface area contributed by atoms with Gasteiger partial charge in [0.1, 0.15) is 18.2 Å². The lowest BCUT2D eigenvalue weighted by Crippen LogP contribution is -2.37. The van der Waals surface area contributed by atoms with Gasteiger partial charge in [-0.3, -0.25) is 9.59 Å². The van der Waals surface area contributed by atoms with E-state index in [1.807, 2.05) is 36.4 Å². The number of alkyl carbamates (subject to hydrolysis) is 1. The van der Waals surface area contributed by atoms with Crippen LogP contribution in [0.3, 0.4) is 0 Å². The summed E-state index contributed by atoms with van der Waals surface area (Å²) in [6.07, 6.45) is -0.826. The third-order valence-corrected chi connectivity index (χ3v) is 6.00. The van der Waals surface area contributed by atoms with Crippen LogP contribution in [0.25, 0.3) is 11.1 Å². The number of hydrogen-bond donors (Lipinski definition) is 3. The van der Waals surface area contributed by atoms with E-state index in [-0.39, 0.29) is 32.0 Å². The molecule has 0 radical (unpaired) electrons. The molecule has 0 unspecified atom stereocenters. The minimum Gasteiger partial charge on any atom is -0.481 e. The Bertz CT molecular complexity index is 1110. The summed E-state index contributed by atoms with van der Waals surface area (Å²) < 4.78 is 5.40. The zero-order chi connectivity index (χ0) is 22.5. The molecule has 3 aromatic rings. The second-order valence-corrected chi connectivity index (χ2v) is 8.20. The first-order valence-corrected chi connectivity index (χ1v) is 10.9. The van der Waals surface area contributed by atoms with Crippen LogP contribution < -0.4 is 10.6 Å². The Morgan fingerprint density at radius 3 is 2.31 bits per heavy atom. The minimum atomic E-state index is -0.960. The van der Waals surface area contributed by atoms with Crippen molar-refractivity contribution in [1.82, 2.24) is 15.6 Å². The van der Waals surface area contributed by atoms with E-state index in [0.29, 0.717) is 10.7 Å². The van der Waals surface area contributed by atoms with Crippen molar-refractivity contribution >= 4 is 29.3 Å². The molecule has 4 rings (SSSR count). The Labute approximate surface area is 188 Å². The highest BCUT2D eigenvalue weighted by molar-refractivity contribution is 7.09. The van der Waals surface area contributed by atoms with Crippen molar-refractivity contribution in [3.63, 3.8) is 0 Å². The molecule has 32 heavy (non-hydrogen) atoms. The number of carbonyl (C=O) groups is 3. The van der Waals surface area contributed by atoms with Crippen LogP contribution in [0.2, 0.25) is 0 Å². The monoisotopic (exact) mass is 451 g/mol. The second kappa shape index (κ2) is 9.61. The molecule has 8 nitrogen and oxygen atoms in total. The number of carboxylic acids is 1. The topological polar surface area (TPSA) is 118 Å². The Kier molecular flexibility index (Phi) is 6.46. The molecule has 0 fully saturated rings. The van der Waals surface area contributed by atoms with Crippen molar-refractivity contribution in [2.24, 2.45) is 0 Å². The van der Waals surface area contributed by atoms with Gasteiger partial charge in [-0.1, -0.05) is 48.5 Å². The van der Waals surface area contributed by atoms with Crippen molar-refractivity contribution in [3.05, 3.63) is 75.7 Å². The number of aliphatic carboxylic acids is 1. The highest BCUT2D eigenvalue weighted by Gasteiger charge is 2.29. The molecule has 1 aromatic heterocycles. The number of benzene rings is 2. The predicted octanol–water partition coefficient (Wildman–Crippen LogP) is 2.93. The van der Waals surface area contributed by atoms with Crippen LogP contribution in [-0.2, 0) is 27.3 Å². The zero-order valence-corrected chi connectivity index (χ0v) is 17.9. The van der Waals surface area contributed by atoms with Crippen molar-refractivity contribution in [2.45, 2.75) is 18.9 Å². The van der Waals surface area contributed by atoms with Crippen LogP contribution in [0, 0.1) is 0 Å². The van der Waals surface area contributed by atoms with Crippen molar-refractivity contribution in [2.75, 3.05) is 13.2 Å². The highest BCUT2D eigenvalue weighted by atomic mass is 32.1. The van der Waals surface area contributed by atoms with Crippen LogP contribution in [0.1, 0.15) is 27.7 Å². The van der Waals surface area contributed by atoms with Gasteiger partial charge in [-0.15, -0.1) is 11.3 Å². The molecule has 2 aromatic carbocycles. The maximum absolute atomic E-state index is 12.1. The van der Waals surface area contributed by atoms with Gasteiger partial charge in [0.2, 0.25) is 5.91 Å². The van der Waals surface area contributed by atoms with Gasteiger partial charge < -0.3 is 20.5 Å². The lowest BCUT2D eigenvalue weighted by atomic mass is 9.98. The quantitative estimate of drug-likeness (QED) is 0.485. The molecule has 164 valence electrons. The standard InChI is InChI=1S/C23H21N3O5S/c27-20(24-11-21-26-14(13-32-21)9-22(28)29)10-25-23(30)31-12-19-17-7-3-1-5-15(17)16-6-2-4-8-18(16)19/h1-8,13,19H,9-12H2,(H,24,27)(H,25,30)(H,28,29). The molecule has 2 amide bonds. The van der Waals surface area contributed by atoms with Gasteiger partial charge in [-0.25, -0.2) is 9.78 Å². The number of carbonyl (C=O) groups excluding carboxylic acids is 2. The molecule has 0 bridgehead atoms. The van der Waals surface area contributed by atoms with E-state index >= 15 is 0 Å². The summed E-state index contributed by atoms with van der Waals surface area (Å²) >= 11 is 1.27. The van der Waals surface area contributed by atoms with E-state index in [4.69, 9.17) is 9.84 Å². The van der Waals surface area contributed by atoms with E-state index in [1.165, 1.54) is 11.3 Å². The van der Waals surface area contributed by atoms with Gasteiger partial charge in [0, 0.05) is 11.3 Å². The number of nitrogens with one attached hydrogen (secondary N) is 2. The van der Waals surface area contributed by atoms with E-state index in [0.717, 1.165) is 22.3 Å². The van der Waals surface area contributed by atoms with Gasteiger partial charge in [-0.2, -0.15) is 0 Å². The zero-order valence-electron chi connectivity index (χ0n) is 17.0. The third-order valence-electron chi connectivity index (χ3n) is 5.11. The van der Waals surface area contributed by atoms with Gasteiger partial charge in [0.05, 0.1) is 18.7 Å². The first-order valence-electron chi connectivity index (χ1n) is 10.0. The summed E-state index contributed by atoms with van der Waals surface area (Å²) in [6.45, 7) is 0.104. The number of nitrogens with zero attached hydrogens (tertiary/aromatic N) is 1. The number of thiazole rings is 1. The highest BCUT2D eigenvalue weighted by Crippen LogP contribution is 2.44. The first kappa shape index (κ1) is 21.5. The van der Waals surface area contributed by atoms with Crippen molar-refractivity contribution < 1.29 is 24.2 Å². The van der Waals surface area contributed by atoms with Gasteiger partial charge in [0.15, 0.2) is 0 Å². The average Bonchev–Trinajstić information content (AvgIpc) is 3.36. The Morgan fingerprint density at radius 1 is 1.00 bits per heavy atom. The number of fused-ring (bicyclic) bond motifs is 3. The fraction of sp³-hybridized carbons (Fsp3) is 0.217. The molecule has 1 aliphatic rings. The Morgan fingerprint density at radius 2 is 1.66 bits per heavy atom. The molecule has 0 atom stereocenters. The fourth-order valence-electron chi connectivity index (χ4n) is 3.70. The van der Waals surface area contributed by atoms with Crippen LogP contribution in [0.15, 0.2) is 53.9 Å². The molecule has 0 spiro atoms. The molecule has 1 heterocycles. The van der Waals surface area contributed by atoms with E-state index in [1.54, 1.807) is 5.38 Å². The van der Waals surface area contributed by atoms with E-state index in [2.05, 4.69) is 27.8 Å². The van der Waals surface area contributed by atoms with Crippen LogP contribution in [-0.4, -0.2) is 41.2 Å². The fourth-order valence-corrected chi connectivity index (χ4v) is 4.44. The number of aromatic nitrogens is 1. The van der Waals surface area contributed by atoms with Gasteiger partial charge in [-0.05, 0) is 22.3 Å². The number of rotatable bonds is 8. The van der Waals surface area contributed by atoms with Crippen molar-refractivity contribution in [1.29, 1.82) is 0 Å². The maximum atomic E-state index is 12.1. The van der Waals surface area contributed by atoms with E-state index in [9.17, 15) is 14.4 Å². The van der Waals surface area contributed by atoms with E-state index < -0.39 is 18.0 Å². The molecule has 3 N–H and O–H groups in total. The summed E-state index contributed by atoms with van der Waals surface area (Å²) in [7, 11) is 0. The predicted molar refractivity (Wildman–Crippen MR) is 118 cm³/mol. The maximum Gasteiger partial charge on any atom is 0.407 e. The van der Waals surface area contributed by atoms with Crippen molar-refractivity contribution in [3.8, 4) is 11.1 Å². The molecular weight excluding hydrogens is 430 g/mol. The molecule has 0 aliphatic heterocycles. The smallest absolute Gasteiger partial charge is 0.407 e. The summed E-state index contributed by atoms with van der Waals surface area (Å²) in [4.78, 5) is 39.0. The SMILES string of the molecule is O=C(O)Cc1csc(CNC(=O)CNC(=O)OCC2c3ccccc3-c3ccccc32)n1. The number of hydrogen-bond acceptors (Lipinski definition) is 6. The van der Waals surface area contributed by atoms with Gasteiger partial charge >= 0.3 is 12.1 Å². The number of carboxylic acid groups (broad SMARTS) is 1. The Hall–Kier alpha value is -3.72. The first-order chi connectivity index (χ1) is 15.5. The summed E-state index contributed by atoms with van der Waals surface area (Å²) in [6, 6.07) is 16.1. The third kappa shape index (κ3) is 4.94. The summed E-state index contributed by atoms with van der Waals surface area (Å²) in [5, 5.41) is 16.1. The lowest BCUT2D eigenvalue weighted by Gasteiger charge is -2.14. The average molecular weight is 452 g/mol. The van der Waals surface area contributed by atoms with Crippen LogP contribution in [0.4, 0.5) is 4.79 Å². The molecule has 0 saturated heterocycles. The number of ether oxygens (including phenoxy) is 1. The minimum absolute atomic E-state index is 0.0492. The molecule has 1 aliphatic carbocycles. The number of amides is 2. The Balaban J connectivity index is 1.24. The largest absolute Gasteiger partial charge is 0.481 e. The summed E-state index contributed by atoms with van der Waals surface area (Å²) in [5.74, 6) is -1.40. The van der Waals surface area contributed by atoms with Crippen LogP contribution in [0.5, 0.6) is 0 Å². The second-order valence-electron chi connectivity index (χ2n) is 7.26. The lowest BCUT2D eigenvalue weighted by molar-refractivity contribution is -0.136. The molecular formula is C23H21N3O5S. The normalized spacial score (nSPS) is 12.0. The van der Waals surface area contributed by atoms with Gasteiger partial charge in [0.25, 0.3) is 0 Å². The van der Waals surface area contributed by atoms with Crippen LogP contribution >= 0.6 is 11.3 Å². The molecule has 9 heteroatoms.